The third kappa shape index (κ3) is 4.74. The molecule has 1 N–H and O–H groups in total. The number of aliphatic imine (C=N–C) groups is 1. The Balaban J connectivity index is 1.86. The molecule has 0 atom stereocenters. The molecule has 0 aliphatic rings. The second-order valence-electron chi connectivity index (χ2n) is 6.35. The predicted octanol–water partition coefficient (Wildman–Crippen LogP) is 5.65. The minimum absolute atomic E-state index is 0.173. The van der Waals surface area contributed by atoms with E-state index in [2.05, 4.69) is 29.8 Å². The van der Waals surface area contributed by atoms with Gasteiger partial charge in [-0.2, -0.15) is 5.26 Å². The second kappa shape index (κ2) is 9.43. The van der Waals surface area contributed by atoms with Crippen LogP contribution in [0.15, 0.2) is 71.7 Å². The van der Waals surface area contributed by atoms with Crippen LogP contribution < -0.4 is 9.64 Å². The molecule has 0 aliphatic heterocycles. The van der Waals surface area contributed by atoms with Crippen molar-refractivity contribution < 1.29 is 9.84 Å². The third-order valence-electron chi connectivity index (χ3n) is 4.58. The summed E-state index contributed by atoms with van der Waals surface area (Å²) in [5.74, 6) is 1.18. The van der Waals surface area contributed by atoms with E-state index in [1.807, 2.05) is 36.4 Å². The van der Waals surface area contributed by atoms with Crippen LogP contribution in [0.3, 0.4) is 0 Å². The number of benzene rings is 3. The monoisotopic (exact) mass is 385 g/mol. The highest BCUT2D eigenvalue weighted by Gasteiger charge is 2.08. The van der Waals surface area contributed by atoms with Gasteiger partial charge in [0.2, 0.25) is 0 Å². The lowest BCUT2D eigenvalue weighted by molar-refractivity contribution is 0.474. The molecule has 0 aromatic heterocycles. The summed E-state index contributed by atoms with van der Waals surface area (Å²) < 4.78 is 5.92. The number of para-hydroxylation sites is 3. The van der Waals surface area contributed by atoms with Crippen LogP contribution in [-0.2, 0) is 0 Å². The molecular formula is C24H23N3O2. The summed E-state index contributed by atoms with van der Waals surface area (Å²) >= 11 is 0. The maximum atomic E-state index is 10.4. The molecule has 5 heteroatoms. The standard InChI is InChI=1S/C24H23N3O2/c1-3-27(4-2)20-14-13-19(22(28)15-20)17-26-21-10-6-8-12-24(21)29-23-11-7-5-9-18(23)16-25/h5-15,17,28H,3-4H2,1-2H3. The highest BCUT2D eigenvalue weighted by atomic mass is 16.5. The van der Waals surface area contributed by atoms with Gasteiger partial charge >= 0.3 is 0 Å². The first-order valence-corrected chi connectivity index (χ1v) is 9.54. The lowest BCUT2D eigenvalue weighted by Gasteiger charge is -2.21. The van der Waals surface area contributed by atoms with Gasteiger partial charge in [-0.25, -0.2) is 0 Å². The molecule has 0 fully saturated rings. The van der Waals surface area contributed by atoms with E-state index in [0.29, 0.717) is 28.3 Å². The fourth-order valence-corrected chi connectivity index (χ4v) is 2.98. The van der Waals surface area contributed by atoms with E-state index in [4.69, 9.17) is 4.74 Å². The lowest BCUT2D eigenvalue weighted by Crippen LogP contribution is -2.21. The van der Waals surface area contributed by atoms with Gasteiger partial charge in [0.1, 0.15) is 23.3 Å². The maximum Gasteiger partial charge on any atom is 0.153 e. The summed E-state index contributed by atoms with van der Waals surface area (Å²) in [4.78, 5) is 6.66. The van der Waals surface area contributed by atoms with Gasteiger partial charge in [0.25, 0.3) is 0 Å². The van der Waals surface area contributed by atoms with Crippen LogP contribution in [0.25, 0.3) is 0 Å². The van der Waals surface area contributed by atoms with Crippen LogP contribution in [0, 0.1) is 11.3 Å². The molecule has 3 aromatic carbocycles. The van der Waals surface area contributed by atoms with E-state index < -0.39 is 0 Å². The Morgan fingerprint density at radius 2 is 1.69 bits per heavy atom. The summed E-state index contributed by atoms with van der Waals surface area (Å²) in [5, 5.41) is 19.7. The van der Waals surface area contributed by atoms with Crippen molar-refractivity contribution in [3.05, 3.63) is 77.9 Å². The van der Waals surface area contributed by atoms with E-state index in [0.717, 1.165) is 18.8 Å². The van der Waals surface area contributed by atoms with E-state index in [1.54, 1.807) is 36.5 Å². The van der Waals surface area contributed by atoms with Crippen molar-refractivity contribution in [2.45, 2.75) is 13.8 Å². The van der Waals surface area contributed by atoms with Crippen molar-refractivity contribution in [3.8, 4) is 23.3 Å². The first-order valence-electron chi connectivity index (χ1n) is 9.54. The Kier molecular flexibility index (Phi) is 6.49. The van der Waals surface area contributed by atoms with Crippen LogP contribution in [0.2, 0.25) is 0 Å². The van der Waals surface area contributed by atoms with Gasteiger partial charge < -0.3 is 14.7 Å². The Morgan fingerprint density at radius 3 is 2.38 bits per heavy atom. The number of phenolic OH excluding ortho intramolecular Hbond substituents is 1. The Labute approximate surface area is 171 Å². The number of hydrogen-bond acceptors (Lipinski definition) is 5. The molecule has 0 aliphatic carbocycles. The number of aromatic hydroxyl groups is 1. The molecule has 0 saturated carbocycles. The summed E-state index contributed by atoms with van der Waals surface area (Å²) in [6, 6.07) is 22.1. The Hall–Kier alpha value is -3.78. The zero-order valence-corrected chi connectivity index (χ0v) is 16.5. The minimum Gasteiger partial charge on any atom is -0.507 e. The van der Waals surface area contributed by atoms with Crippen LogP contribution in [-0.4, -0.2) is 24.4 Å². The smallest absolute Gasteiger partial charge is 0.153 e. The van der Waals surface area contributed by atoms with Crippen LogP contribution >= 0.6 is 0 Å². The summed E-state index contributed by atoms with van der Waals surface area (Å²) in [6.07, 6.45) is 1.61. The molecule has 0 spiro atoms. The van der Waals surface area contributed by atoms with Crippen molar-refractivity contribution in [1.29, 1.82) is 5.26 Å². The zero-order chi connectivity index (χ0) is 20.6. The quantitative estimate of drug-likeness (QED) is 0.533. The number of nitriles is 1. The molecule has 0 radical (unpaired) electrons. The topological polar surface area (TPSA) is 68.8 Å². The average molecular weight is 385 g/mol. The number of phenols is 1. The Morgan fingerprint density at radius 1 is 1.00 bits per heavy atom. The molecule has 0 saturated heterocycles. The predicted molar refractivity (Wildman–Crippen MR) is 117 cm³/mol. The van der Waals surface area contributed by atoms with Gasteiger partial charge in [0, 0.05) is 36.6 Å². The molecule has 0 bridgehead atoms. The number of anilines is 1. The van der Waals surface area contributed by atoms with Gasteiger partial charge in [-0.15, -0.1) is 0 Å². The molecule has 0 heterocycles. The molecular weight excluding hydrogens is 362 g/mol. The van der Waals surface area contributed by atoms with Crippen molar-refractivity contribution in [2.24, 2.45) is 4.99 Å². The number of hydrogen-bond donors (Lipinski definition) is 1. The molecule has 0 amide bonds. The largest absolute Gasteiger partial charge is 0.507 e. The van der Waals surface area contributed by atoms with Crippen molar-refractivity contribution in [3.63, 3.8) is 0 Å². The van der Waals surface area contributed by atoms with Crippen molar-refractivity contribution in [2.75, 3.05) is 18.0 Å². The first-order chi connectivity index (χ1) is 14.2. The minimum atomic E-state index is 0.173. The third-order valence-corrected chi connectivity index (χ3v) is 4.58. The van der Waals surface area contributed by atoms with Gasteiger partial charge in [-0.3, -0.25) is 4.99 Å². The van der Waals surface area contributed by atoms with Crippen LogP contribution in [0.4, 0.5) is 11.4 Å². The molecule has 146 valence electrons. The van der Waals surface area contributed by atoms with Gasteiger partial charge in [0.05, 0.1) is 5.56 Å². The van der Waals surface area contributed by atoms with Crippen molar-refractivity contribution in [1.82, 2.24) is 0 Å². The summed E-state index contributed by atoms with van der Waals surface area (Å²) in [7, 11) is 0. The van der Waals surface area contributed by atoms with Gasteiger partial charge in [-0.05, 0) is 50.2 Å². The van der Waals surface area contributed by atoms with E-state index in [9.17, 15) is 10.4 Å². The summed E-state index contributed by atoms with van der Waals surface area (Å²) in [6.45, 7) is 5.91. The lowest BCUT2D eigenvalue weighted by atomic mass is 10.1. The van der Waals surface area contributed by atoms with Gasteiger partial charge in [-0.1, -0.05) is 24.3 Å². The fourth-order valence-electron chi connectivity index (χ4n) is 2.98. The molecule has 29 heavy (non-hydrogen) atoms. The molecule has 3 rings (SSSR count). The number of ether oxygens (including phenoxy) is 1. The van der Waals surface area contributed by atoms with E-state index in [1.165, 1.54) is 0 Å². The van der Waals surface area contributed by atoms with Gasteiger partial charge in [0.15, 0.2) is 5.75 Å². The zero-order valence-electron chi connectivity index (χ0n) is 16.5. The van der Waals surface area contributed by atoms with Crippen LogP contribution in [0.5, 0.6) is 17.2 Å². The number of rotatable bonds is 7. The molecule has 5 nitrogen and oxygen atoms in total. The highest BCUT2D eigenvalue weighted by molar-refractivity contribution is 5.87. The maximum absolute atomic E-state index is 10.4. The first kappa shape index (κ1) is 20.0. The highest BCUT2D eigenvalue weighted by Crippen LogP contribution is 2.33. The van der Waals surface area contributed by atoms with E-state index in [-0.39, 0.29) is 5.75 Å². The number of nitrogens with zero attached hydrogens (tertiary/aromatic N) is 3. The normalized spacial score (nSPS) is 10.7. The van der Waals surface area contributed by atoms with Crippen molar-refractivity contribution >= 4 is 17.6 Å². The SMILES string of the molecule is CCN(CC)c1ccc(C=Nc2ccccc2Oc2ccccc2C#N)c(O)c1. The second-order valence-corrected chi connectivity index (χ2v) is 6.35. The van der Waals surface area contributed by atoms with Crippen LogP contribution in [0.1, 0.15) is 25.0 Å². The van der Waals surface area contributed by atoms with E-state index >= 15 is 0 Å². The summed E-state index contributed by atoms with van der Waals surface area (Å²) in [5.41, 5.74) is 2.65. The molecule has 0 unspecified atom stereocenters. The Bertz CT molecular complexity index is 1050. The molecule has 3 aromatic rings. The average Bonchev–Trinajstić information content (AvgIpc) is 2.75. The fraction of sp³-hybridized carbons (Fsp3) is 0.167.